The summed E-state index contributed by atoms with van der Waals surface area (Å²) < 4.78 is 28.8. The van der Waals surface area contributed by atoms with E-state index >= 15 is 0 Å². The van der Waals surface area contributed by atoms with E-state index in [1.165, 1.54) is 17.7 Å². The van der Waals surface area contributed by atoms with Gasteiger partial charge in [0, 0.05) is 32.2 Å². The lowest BCUT2D eigenvalue weighted by Crippen LogP contribution is -2.43. The summed E-state index contributed by atoms with van der Waals surface area (Å²) in [5.41, 5.74) is 1.79. The Hall–Kier alpha value is -3.24. The molecular formula is C25H32ClF2N7O. The standard InChI is InChI=1S/C25H31F2N7O.ClH/c1-17-4-6-19(7-5-17)34-23(14-21(32-34)25(3,15-26)16-27)31-24(35)30-20-8-9-22(29-18(20)2)33-12-10-28-11-13-33;/h4-9,14,28H,10-13,15-16H2,1-3H3,(H2,30,31,35);1H. The maximum Gasteiger partial charge on any atom is 0.324 e. The molecule has 0 aliphatic carbocycles. The highest BCUT2D eigenvalue weighted by Gasteiger charge is 2.31. The van der Waals surface area contributed by atoms with Crippen molar-refractivity contribution < 1.29 is 13.6 Å². The summed E-state index contributed by atoms with van der Waals surface area (Å²) in [7, 11) is 0. The van der Waals surface area contributed by atoms with Crippen LogP contribution in [0.4, 0.5) is 30.9 Å². The van der Waals surface area contributed by atoms with Gasteiger partial charge >= 0.3 is 6.03 Å². The molecule has 3 heterocycles. The number of aromatic nitrogens is 3. The molecule has 3 aromatic rings. The molecule has 3 N–H and O–H groups in total. The van der Waals surface area contributed by atoms with Gasteiger partial charge in [0.2, 0.25) is 0 Å². The van der Waals surface area contributed by atoms with Gasteiger partial charge in [0.15, 0.2) is 0 Å². The predicted molar refractivity (Wildman–Crippen MR) is 142 cm³/mol. The van der Waals surface area contributed by atoms with Crippen molar-refractivity contribution in [2.45, 2.75) is 26.2 Å². The molecule has 0 bridgehead atoms. The first-order valence-corrected chi connectivity index (χ1v) is 11.6. The number of amides is 2. The Labute approximate surface area is 215 Å². The van der Waals surface area contributed by atoms with Crippen molar-refractivity contribution in [1.82, 2.24) is 20.1 Å². The number of nitrogens with one attached hydrogen (secondary N) is 3. The fourth-order valence-electron chi connectivity index (χ4n) is 3.84. The second-order valence-electron chi connectivity index (χ2n) is 9.11. The smallest absolute Gasteiger partial charge is 0.324 e. The second-order valence-corrected chi connectivity index (χ2v) is 9.11. The van der Waals surface area contributed by atoms with Gasteiger partial charge in [0.1, 0.15) is 25.0 Å². The van der Waals surface area contributed by atoms with Crippen molar-refractivity contribution in [2.24, 2.45) is 0 Å². The van der Waals surface area contributed by atoms with Gasteiger partial charge in [-0.15, -0.1) is 12.4 Å². The van der Waals surface area contributed by atoms with Crippen LogP contribution >= 0.6 is 12.4 Å². The number of benzene rings is 1. The second kappa shape index (κ2) is 11.7. The first kappa shape index (κ1) is 27.3. The minimum absolute atomic E-state index is 0. The summed E-state index contributed by atoms with van der Waals surface area (Å²) >= 11 is 0. The molecule has 8 nitrogen and oxygen atoms in total. The van der Waals surface area contributed by atoms with E-state index in [4.69, 9.17) is 0 Å². The number of hydrogen-bond donors (Lipinski definition) is 3. The van der Waals surface area contributed by atoms with Crippen molar-refractivity contribution >= 4 is 35.8 Å². The molecule has 1 fully saturated rings. The summed E-state index contributed by atoms with van der Waals surface area (Å²) in [4.78, 5) is 19.7. The van der Waals surface area contributed by atoms with Crippen LogP contribution in [0, 0.1) is 13.8 Å². The van der Waals surface area contributed by atoms with Gasteiger partial charge in [-0.05, 0) is 45.0 Å². The lowest BCUT2D eigenvalue weighted by atomic mass is 9.90. The molecule has 2 amide bonds. The highest BCUT2D eigenvalue weighted by atomic mass is 35.5. The molecular weight excluding hydrogens is 488 g/mol. The molecule has 0 spiro atoms. The topological polar surface area (TPSA) is 87.1 Å². The monoisotopic (exact) mass is 519 g/mol. The number of rotatable bonds is 7. The van der Waals surface area contributed by atoms with Gasteiger partial charge in [0.25, 0.3) is 0 Å². The zero-order chi connectivity index (χ0) is 25.0. The van der Waals surface area contributed by atoms with E-state index in [1.807, 2.05) is 50.2 Å². The van der Waals surface area contributed by atoms with Crippen molar-refractivity contribution in [3.63, 3.8) is 0 Å². The molecule has 36 heavy (non-hydrogen) atoms. The van der Waals surface area contributed by atoms with Crippen LogP contribution < -0.4 is 20.9 Å². The van der Waals surface area contributed by atoms with Crippen molar-refractivity contribution in [3.05, 3.63) is 59.4 Å². The van der Waals surface area contributed by atoms with E-state index in [1.54, 1.807) is 0 Å². The van der Waals surface area contributed by atoms with Crippen LogP contribution in [-0.2, 0) is 5.41 Å². The van der Waals surface area contributed by atoms with Gasteiger partial charge in [-0.3, -0.25) is 5.32 Å². The summed E-state index contributed by atoms with van der Waals surface area (Å²) in [6.45, 7) is 7.00. The first-order valence-electron chi connectivity index (χ1n) is 11.6. The molecule has 2 aromatic heterocycles. The molecule has 0 atom stereocenters. The Morgan fingerprint density at radius 1 is 1.06 bits per heavy atom. The van der Waals surface area contributed by atoms with Crippen LogP contribution in [0.2, 0.25) is 0 Å². The third-order valence-electron chi connectivity index (χ3n) is 6.20. The fourth-order valence-corrected chi connectivity index (χ4v) is 3.84. The van der Waals surface area contributed by atoms with Crippen molar-refractivity contribution in [2.75, 3.05) is 55.1 Å². The van der Waals surface area contributed by atoms with E-state index in [0.717, 1.165) is 37.6 Å². The van der Waals surface area contributed by atoms with Gasteiger partial charge in [-0.25, -0.2) is 23.2 Å². The Kier molecular flexibility index (Phi) is 8.86. The Morgan fingerprint density at radius 3 is 2.33 bits per heavy atom. The van der Waals surface area contributed by atoms with Gasteiger partial charge in [0.05, 0.1) is 28.2 Å². The number of urea groups is 1. The number of aryl methyl sites for hydroxylation is 2. The number of anilines is 3. The zero-order valence-electron chi connectivity index (χ0n) is 20.6. The van der Waals surface area contributed by atoms with Gasteiger partial charge in [-0.1, -0.05) is 17.7 Å². The third kappa shape index (κ3) is 5.93. The first-order chi connectivity index (χ1) is 16.8. The predicted octanol–water partition coefficient (Wildman–Crippen LogP) is 4.56. The average molecular weight is 520 g/mol. The molecule has 11 heteroatoms. The highest BCUT2D eigenvalue weighted by Crippen LogP contribution is 2.29. The quantitative estimate of drug-likeness (QED) is 0.426. The molecule has 0 saturated carbocycles. The summed E-state index contributed by atoms with van der Waals surface area (Å²) in [6.07, 6.45) is 0. The lowest BCUT2D eigenvalue weighted by molar-refractivity contribution is 0.252. The van der Waals surface area contributed by atoms with Gasteiger partial charge in [-0.2, -0.15) is 5.10 Å². The molecule has 4 rings (SSSR count). The maximum atomic E-state index is 13.7. The average Bonchev–Trinajstić information content (AvgIpc) is 3.30. The highest BCUT2D eigenvalue weighted by molar-refractivity contribution is 5.99. The molecule has 1 aliphatic rings. The minimum Gasteiger partial charge on any atom is -0.354 e. The van der Waals surface area contributed by atoms with E-state index in [2.05, 4.69) is 30.9 Å². The summed E-state index contributed by atoms with van der Waals surface area (Å²) in [5.74, 6) is 1.17. The number of carbonyl (C=O) groups is 1. The van der Waals surface area contributed by atoms with Crippen LogP contribution in [-0.4, -0.2) is 60.3 Å². The Balaban J connectivity index is 0.00000361. The zero-order valence-corrected chi connectivity index (χ0v) is 21.5. The Bertz CT molecular complexity index is 1180. The maximum absolute atomic E-state index is 13.7. The number of pyridine rings is 1. The summed E-state index contributed by atoms with van der Waals surface area (Å²) in [6, 6.07) is 12.2. The molecule has 1 saturated heterocycles. The summed E-state index contributed by atoms with van der Waals surface area (Å²) in [5, 5.41) is 13.3. The van der Waals surface area contributed by atoms with Crippen LogP contribution in [0.5, 0.6) is 0 Å². The number of nitrogens with zero attached hydrogens (tertiary/aromatic N) is 4. The van der Waals surface area contributed by atoms with E-state index in [9.17, 15) is 13.6 Å². The third-order valence-corrected chi connectivity index (χ3v) is 6.20. The normalized spacial score (nSPS) is 13.8. The van der Waals surface area contributed by atoms with Crippen molar-refractivity contribution in [3.8, 4) is 5.69 Å². The number of carbonyl (C=O) groups excluding carboxylic acids is 1. The van der Waals surface area contributed by atoms with E-state index in [-0.39, 0.29) is 18.1 Å². The van der Waals surface area contributed by atoms with Crippen LogP contribution in [0.3, 0.4) is 0 Å². The number of hydrogen-bond acceptors (Lipinski definition) is 5. The minimum atomic E-state index is -1.40. The van der Waals surface area contributed by atoms with Crippen molar-refractivity contribution in [1.29, 1.82) is 0 Å². The van der Waals surface area contributed by atoms with E-state index < -0.39 is 24.8 Å². The molecule has 1 aliphatic heterocycles. The molecule has 0 unspecified atom stereocenters. The van der Waals surface area contributed by atoms with Gasteiger partial charge < -0.3 is 15.5 Å². The molecule has 0 radical (unpaired) electrons. The SMILES string of the molecule is Cc1ccc(-n2nc(C(C)(CF)CF)cc2NC(=O)Nc2ccc(N3CCNCC3)nc2C)cc1.Cl. The largest absolute Gasteiger partial charge is 0.354 e. The van der Waals surface area contributed by atoms with Crippen LogP contribution in [0.15, 0.2) is 42.5 Å². The number of piperazine rings is 1. The molecule has 1 aromatic carbocycles. The molecule has 194 valence electrons. The Morgan fingerprint density at radius 2 is 1.72 bits per heavy atom. The lowest BCUT2D eigenvalue weighted by Gasteiger charge is -2.28. The fraction of sp³-hybridized carbons (Fsp3) is 0.400. The van der Waals surface area contributed by atoms with E-state index in [0.29, 0.717) is 22.9 Å². The van der Waals surface area contributed by atoms with Crippen LogP contribution in [0.1, 0.15) is 23.9 Å². The number of halogens is 3. The van der Waals surface area contributed by atoms with Crippen LogP contribution in [0.25, 0.3) is 5.69 Å². The number of alkyl halides is 2.